The molecule has 0 radical (unpaired) electrons. The Morgan fingerprint density at radius 3 is 2.65 bits per heavy atom. The lowest BCUT2D eigenvalue weighted by Gasteiger charge is -2.07. The fourth-order valence-electron chi connectivity index (χ4n) is 1.89. The molecule has 0 aliphatic carbocycles. The second-order valence-electron chi connectivity index (χ2n) is 4.42. The second kappa shape index (κ2) is 6.65. The topological polar surface area (TPSA) is 64.0 Å². The molecule has 0 aliphatic rings. The van der Waals surface area contributed by atoms with Gasteiger partial charge in [-0.05, 0) is 12.5 Å². The molecule has 2 aromatic rings. The van der Waals surface area contributed by atoms with Gasteiger partial charge in [-0.2, -0.15) is 5.10 Å². The fraction of sp³-hybridized carbons (Fsp3) is 0.267. The maximum atomic E-state index is 11.7. The first-order chi connectivity index (χ1) is 9.70. The summed E-state index contributed by atoms with van der Waals surface area (Å²) in [5.41, 5.74) is 1.57. The first-order valence-electron chi connectivity index (χ1n) is 6.55. The normalized spacial score (nSPS) is 10.2. The number of amides is 1. The molecular formula is C15H17N3O2. The van der Waals surface area contributed by atoms with Gasteiger partial charge in [0.1, 0.15) is 0 Å². The molecule has 5 nitrogen and oxygen atoms in total. The molecule has 5 heteroatoms. The molecule has 0 saturated carbocycles. The maximum Gasteiger partial charge on any atom is 0.266 e. The molecule has 0 saturated heterocycles. The number of nitrogens with zero attached hydrogens (tertiary/aromatic N) is 2. The number of hydrogen-bond donors (Lipinski definition) is 1. The van der Waals surface area contributed by atoms with Crippen LogP contribution < -0.4 is 10.9 Å². The van der Waals surface area contributed by atoms with E-state index < -0.39 is 0 Å². The molecule has 1 N–H and O–H groups in total. The van der Waals surface area contributed by atoms with E-state index in [1.165, 1.54) is 10.7 Å². The summed E-state index contributed by atoms with van der Waals surface area (Å²) in [7, 11) is 1.60. The van der Waals surface area contributed by atoms with Crippen LogP contribution in [-0.4, -0.2) is 22.7 Å². The van der Waals surface area contributed by atoms with Crippen LogP contribution in [-0.2, 0) is 11.3 Å². The number of carbonyl (C=O) groups excluding carboxylic acids is 1. The molecule has 0 unspecified atom stereocenters. The minimum absolute atomic E-state index is 0.0303. The van der Waals surface area contributed by atoms with Crippen molar-refractivity contribution < 1.29 is 4.79 Å². The molecule has 1 aromatic carbocycles. The quantitative estimate of drug-likeness (QED) is 0.895. The van der Waals surface area contributed by atoms with Crippen molar-refractivity contribution in [2.75, 3.05) is 7.05 Å². The minimum Gasteiger partial charge on any atom is -0.359 e. The van der Waals surface area contributed by atoms with Crippen LogP contribution in [0, 0.1) is 0 Å². The van der Waals surface area contributed by atoms with Crippen molar-refractivity contribution in [1.29, 1.82) is 0 Å². The average Bonchev–Trinajstić information content (AvgIpc) is 2.49. The van der Waals surface area contributed by atoms with Gasteiger partial charge >= 0.3 is 0 Å². The highest BCUT2D eigenvalue weighted by molar-refractivity contribution is 5.75. The van der Waals surface area contributed by atoms with Crippen LogP contribution in [0.4, 0.5) is 0 Å². The van der Waals surface area contributed by atoms with E-state index in [0.29, 0.717) is 19.4 Å². The first-order valence-corrected chi connectivity index (χ1v) is 6.55. The Hall–Kier alpha value is -2.43. The Bertz CT molecular complexity index is 635. The van der Waals surface area contributed by atoms with Gasteiger partial charge in [-0.15, -0.1) is 0 Å². The number of nitrogens with one attached hydrogen (secondary N) is 1. The molecular weight excluding hydrogens is 254 g/mol. The van der Waals surface area contributed by atoms with E-state index in [-0.39, 0.29) is 11.5 Å². The van der Waals surface area contributed by atoms with E-state index in [4.69, 9.17) is 0 Å². The average molecular weight is 271 g/mol. The maximum absolute atomic E-state index is 11.7. The third-order valence-electron chi connectivity index (χ3n) is 2.99. The highest BCUT2D eigenvalue weighted by Crippen LogP contribution is 2.13. The standard InChI is InChI=1S/C15H17N3O2/c1-16-14(19)8-5-11-18-15(20)10-9-13(17-18)12-6-3-2-4-7-12/h2-4,6-7,9-10H,5,8,11H2,1H3,(H,16,19). The molecule has 2 rings (SSSR count). The third-order valence-corrected chi connectivity index (χ3v) is 2.99. The Morgan fingerprint density at radius 2 is 1.95 bits per heavy atom. The molecule has 0 spiro atoms. The summed E-state index contributed by atoms with van der Waals surface area (Å²) < 4.78 is 1.41. The van der Waals surface area contributed by atoms with E-state index in [1.54, 1.807) is 13.1 Å². The van der Waals surface area contributed by atoms with Gasteiger partial charge < -0.3 is 5.32 Å². The number of aromatic nitrogens is 2. The lowest BCUT2D eigenvalue weighted by molar-refractivity contribution is -0.120. The molecule has 20 heavy (non-hydrogen) atoms. The van der Waals surface area contributed by atoms with Crippen LogP contribution in [0.15, 0.2) is 47.3 Å². The van der Waals surface area contributed by atoms with Gasteiger partial charge in [0, 0.05) is 31.6 Å². The highest BCUT2D eigenvalue weighted by Gasteiger charge is 2.04. The van der Waals surface area contributed by atoms with E-state index in [0.717, 1.165) is 11.3 Å². The lowest BCUT2D eigenvalue weighted by Crippen LogP contribution is -2.24. The van der Waals surface area contributed by atoms with Gasteiger partial charge in [0.25, 0.3) is 5.56 Å². The number of benzene rings is 1. The summed E-state index contributed by atoms with van der Waals surface area (Å²) >= 11 is 0. The summed E-state index contributed by atoms with van der Waals surface area (Å²) in [5, 5.41) is 6.89. The van der Waals surface area contributed by atoms with Crippen LogP contribution in [0.1, 0.15) is 12.8 Å². The Balaban J connectivity index is 2.13. The summed E-state index contributed by atoms with van der Waals surface area (Å²) in [4.78, 5) is 22.9. The zero-order valence-corrected chi connectivity index (χ0v) is 11.4. The highest BCUT2D eigenvalue weighted by atomic mass is 16.1. The van der Waals surface area contributed by atoms with E-state index in [1.807, 2.05) is 30.3 Å². The molecule has 0 bridgehead atoms. The summed E-state index contributed by atoms with van der Waals surface area (Å²) in [6, 6.07) is 12.9. The molecule has 0 aliphatic heterocycles. The van der Waals surface area contributed by atoms with Crippen molar-refractivity contribution in [2.45, 2.75) is 19.4 Å². The van der Waals surface area contributed by atoms with Crippen molar-refractivity contribution in [3.05, 3.63) is 52.8 Å². The Kier molecular flexibility index (Phi) is 4.65. The van der Waals surface area contributed by atoms with Crippen LogP contribution in [0.5, 0.6) is 0 Å². The van der Waals surface area contributed by atoms with Crippen molar-refractivity contribution in [3.8, 4) is 11.3 Å². The van der Waals surface area contributed by atoms with Crippen LogP contribution in [0.3, 0.4) is 0 Å². The largest absolute Gasteiger partial charge is 0.359 e. The number of hydrogen-bond acceptors (Lipinski definition) is 3. The van der Waals surface area contributed by atoms with Gasteiger partial charge in [-0.25, -0.2) is 4.68 Å². The van der Waals surface area contributed by atoms with E-state index in [2.05, 4.69) is 10.4 Å². The zero-order valence-electron chi connectivity index (χ0n) is 11.4. The van der Waals surface area contributed by atoms with Gasteiger partial charge in [0.05, 0.1) is 5.69 Å². The Labute approximate surface area is 117 Å². The van der Waals surface area contributed by atoms with Gasteiger partial charge in [0.2, 0.25) is 5.91 Å². The van der Waals surface area contributed by atoms with Crippen molar-refractivity contribution in [1.82, 2.24) is 15.1 Å². The predicted molar refractivity (Wildman–Crippen MR) is 77.2 cm³/mol. The number of rotatable bonds is 5. The van der Waals surface area contributed by atoms with Gasteiger partial charge in [-0.3, -0.25) is 9.59 Å². The number of aryl methyl sites for hydroxylation is 1. The fourth-order valence-corrected chi connectivity index (χ4v) is 1.89. The van der Waals surface area contributed by atoms with Crippen molar-refractivity contribution in [2.24, 2.45) is 0 Å². The monoisotopic (exact) mass is 271 g/mol. The lowest BCUT2D eigenvalue weighted by atomic mass is 10.1. The molecule has 1 aromatic heterocycles. The summed E-state index contributed by atoms with van der Waals surface area (Å²) in [6.07, 6.45) is 0.977. The van der Waals surface area contributed by atoms with Crippen LogP contribution >= 0.6 is 0 Å². The first kappa shape index (κ1) is 14.0. The third kappa shape index (κ3) is 3.54. The Morgan fingerprint density at radius 1 is 1.20 bits per heavy atom. The predicted octanol–water partition coefficient (Wildman–Crippen LogP) is 1.44. The van der Waals surface area contributed by atoms with Crippen molar-refractivity contribution in [3.63, 3.8) is 0 Å². The minimum atomic E-state index is -0.151. The second-order valence-corrected chi connectivity index (χ2v) is 4.42. The van der Waals surface area contributed by atoms with E-state index in [9.17, 15) is 9.59 Å². The molecule has 1 amide bonds. The summed E-state index contributed by atoms with van der Waals surface area (Å²) in [5.74, 6) is -0.0303. The van der Waals surface area contributed by atoms with Crippen LogP contribution in [0.25, 0.3) is 11.3 Å². The van der Waals surface area contributed by atoms with Gasteiger partial charge in [-0.1, -0.05) is 30.3 Å². The van der Waals surface area contributed by atoms with E-state index >= 15 is 0 Å². The molecule has 0 fully saturated rings. The van der Waals surface area contributed by atoms with Crippen LogP contribution in [0.2, 0.25) is 0 Å². The molecule has 1 heterocycles. The zero-order chi connectivity index (χ0) is 14.4. The summed E-state index contributed by atoms with van der Waals surface area (Å²) in [6.45, 7) is 0.437. The molecule has 104 valence electrons. The van der Waals surface area contributed by atoms with Crippen molar-refractivity contribution >= 4 is 5.91 Å². The SMILES string of the molecule is CNC(=O)CCCn1nc(-c2ccccc2)ccc1=O. The molecule has 0 atom stereocenters. The smallest absolute Gasteiger partial charge is 0.266 e. The van der Waals surface area contributed by atoms with Gasteiger partial charge in [0.15, 0.2) is 0 Å². The number of carbonyl (C=O) groups is 1.